The number of esters is 1. The zero-order chi connectivity index (χ0) is 17.1. The summed E-state index contributed by atoms with van der Waals surface area (Å²) in [4.78, 5) is 22.5. The molecule has 0 amide bonds. The van der Waals surface area contributed by atoms with Gasteiger partial charge in [-0.15, -0.1) is 0 Å². The van der Waals surface area contributed by atoms with E-state index in [4.69, 9.17) is 4.74 Å². The lowest BCUT2D eigenvalue weighted by atomic mass is 10.1. The summed E-state index contributed by atoms with van der Waals surface area (Å²) in [5, 5.41) is 12.0. The van der Waals surface area contributed by atoms with Crippen molar-refractivity contribution in [2.75, 3.05) is 19.7 Å². The quantitative estimate of drug-likeness (QED) is 0.365. The molecule has 0 spiro atoms. The van der Waals surface area contributed by atoms with Crippen LogP contribution in [0.3, 0.4) is 0 Å². The molecule has 24 heavy (non-hydrogen) atoms. The minimum atomic E-state index is -0.426. The van der Waals surface area contributed by atoms with Gasteiger partial charge in [-0.3, -0.25) is 14.9 Å². The highest BCUT2D eigenvalue weighted by Gasteiger charge is 2.18. The second-order valence-corrected chi connectivity index (χ2v) is 5.85. The van der Waals surface area contributed by atoms with Gasteiger partial charge >= 0.3 is 5.97 Å². The molecule has 1 aromatic heterocycles. The molecule has 1 aliphatic rings. The lowest BCUT2D eigenvalue weighted by molar-refractivity contribution is -0.500. The first kappa shape index (κ1) is 16.2. The first-order chi connectivity index (χ1) is 11.6. The van der Waals surface area contributed by atoms with Crippen LogP contribution in [-0.4, -0.2) is 45.9 Å². The molecule has 7 nitrogen and oxygen atoms in total. The zero-order valence-corrected chi connectivity index (χ0v) is 13.6. The Hall–Kier alpha value is -2.70. The average Bonchev–Trinajstić information content (AvgIpc) is 3.16. The Morgan fingerprint density at radius 3 is 2.83 bits per heavy atom. The molecule has 0 saturated carbocycles. The second-order valence-electron chi connectivity index (χ2n) is 5.85. The van der Waals surface area contributed by atoms with E-state index in [1.54, 1.807) is 17.6 Å². The van der Waals surface area contributed by atoms with Crippen molar-refractivity contribution >= 4 is 28.8 Å². The van der Waals surface area contributed by atoms with Crippen LogP contribution in [0, 0.1) is 10.1 Å². The molecule has 0 bridgehead atoms. The molecule has 2 aromatic rings. The highest BCUT2D eigenvalue weighted by Crippen LogP contribution is 2.25. The van der Waals surface area contributed by atoms with Crippen LogP contribution in [0.5, 0.6) is 0 Å². The number of hydrogen-bond donors (Lipinski definition) is 0. The molecule has 7 heteroatoms. The summed E-state index contributed by atoms with van der Waals surface area (Å²) in [6.07, 6.45) is 6.28. The van der Waals surface area contributed by atoms with E-state index in [2.05, 4.69) is 10.8 Å². The van der Waals surface area contributed by atoms with E-state index in [0.717, 1.165) is 24.0 Å². The van der Waals surface area contributed by atoms with Gasteiger partial charge in [-0.2, -0.15) is 0 Å². The Balaban J connectivity index is 2.06. The Bertz CT molecular complexity index is 815. The zero-order valence-electron chi connectivity index (χ0n) is 13.6. The summed E-state index contributed by atoms with van der Waals surface area (Å²) in [6.45, 7) is 4.13. The van der Waals surface area contributed by atoms with E-state index in [0.29, 0.717) is 12.1 Å². The summed E-state index contributed by atoms with van der Waals surface area (Å²) >= 11 is 0. The number of nitro groups is 1. The summed E-state index contributed by atoms with van der Waals surface area (Å²) in [5.74, 6) is -0.353. The third-order valence-corrected chi connectivity index (χ3v) is 4.17. The molecular formula is C17H20N3O4+. The lowest BCUT2D eigenvalue weighted by Gasteiger charge is -2.04. The third kappa shape index (κ3) is 3.29. The number of fused-ring (bicyclic) bond motifs is 1. The van der Waals surface area contributed by atoms with Crippen LogP contribution in [0.2, 0.25) is 0 Å². The second kappa shape index (κ2) is 6.82. The molecular weight excluding hydrogens is 310 g/mol. The van der Waals surface area contributed by atoms with Gasteiger partial charge in [0.2, 0.25) is 0 Å². The molecule has 3 rings (SSSR count). The molecule has 1 aromatic carbocycles. The third-order valence-electron chi connectivity index (χ3n) is 4.17. The van der Waals surface area contributed by atoms with Crippen LogP contribution in [0.25, 0.3) is 10.9 Å². The first-order valence-electron chi connectivity index (χ1n) is 8.10. The van der Waals surface area contributed by atoms with E-state index in [1.165, 1.54) is 25.0 Å². The van der Waals surface area contributed by atoms with Crippen molar-refractivity contribution in [1.29, 1.82) is 0 Å². The predicted molar refractivity (Wildman–Crippen MR) is 89.6 cm³/mol. The maximum Gasteiger partial charge on any atom is 0.325 e. The number of carbonyl (C=O) groups excluding carboxylic acids is 1. The van der Waals surface area contributed by atoms with Crippen LogP contribution < -0.4 is 0 Å². The Kier molecular flexibility index (Phi) is 4.59. The van der Waals surface area contributed by atoms with Crippen molar-refractivity contribution in [2.45, 2.75) is 26.3 Å². The van der Waals surface area contributed by atoms with E-state index < -0.39 is 4.92 Å². The summed E-state index contributed by atoms with van der Waals surface area (Å²) in [7, 11) is 0. The van der Waals surface area contributed by atoms with Gasteiger partial charge in [-0.05, 0) is 13.0 Å². The molecule has 0 aliphatic carbocycles. The van der Waals surface area contributed by atoms with E-state index in [9.17, 15) is 14.9 Å². The standard InChI is InChI=1S/C17H20N3O4/c1-2-24-17(21)12-19-11-13(10-18-7-3-4-8-18)15-6-5-14(20(22)23)9-16(15)19/h5-6,9-11H,2-4,7-8,12H2,1H3/q+1. The fourth-order valence-electron chi connectivity index (χ4n) is 3.07. The largest absolute Gasteiger partial charge is 0.465 e. The molecule has 0 unspecified atom stereocenters. The minimum Gasteiger partial charge on any atom is -0.465 e. The summed E-state index contributed by atoms with van der Waals surface area (Å²) < 4.78 is 8.97. The predicted octanol–water partition coefficient (Wildman–Crippen LogP) is 2.34. The number of nitro benzene ring substituents is 1. The molecule has 0 radical (unpaired) electrons. The Morgan fingerprint density at radius 1 is 1.42 bits per heavy atom. The Labute approximate surface area is 139 Å². The molecule has 1 aliphatic heterocycles. The van der Waals surface area contributed by atoms with Gasteiger partial charge in [-0.25, -0.2) is 4.58 Å². The van der Waals surface area contributed by atoms with E-state index in [-0.39, 0.29) is 18.2 Å². The van der Waals surface area contributed by atoms with Crippen molar-refractivity contribution in [1.82, 2.24) is 4.57 Å². The van der Waals surface area contributed by atoms with Gasteiger partial charge in [-0.1, -0.05) is 0 Å². The number of ether oxygens (including phenoxy) is 1. The van der Waals surface area contributed by atoms with Crippen molar-refractivity contribution in [3.05, 3.63) is 40.1 Å². The first-order valence-corrected chi connectivity index (χ1v) is 8.10. The minimum absolute atomic E-state index is 0.0124. The summed E-state index contributed by atoms with van der Waals surface area (Å²) in [6, 6.07) is 4.76. The van der Waals surface area contributed by atoms with E-state index in [1.807, 2.05) is 6.20 Å². The molecule has 0 N–H and O–H groups in total. The normalized spacial score (nSPS) is 14.1. The fourth-order valence-corrected chi connectivity index (χ4v) is 3.07. The Morgan fingerprint density at radius 2 is 2.17 bits per heavy atom. The van der Waals surface area contributed by atoms with Gasteiger partial charge in [0.05, 0.1) is 22.6 Å². The van der Waals surface area contributed by atoms with Crippen LogP contribution in [0.15, 0.2) is 24.4 Å². The SMILES string of the molecule is CCOC(=O)Cn1cc(C=[N+]2CCCC2)c2ccc([N+](=O)[O-])cc21. The molecule has 126 valence electrons. The van der Waals surface area contributed by atoms with Crippen LogP contribution >= 0.6 is 0 Å². The van der Waals surface area contributed by atoms with Gasteiger partial charge in [0.15, 0.2) is 6.21 Å². The van der Waals surface area contributed by atoms with Gasteiger partial charge in [0, 0.05) is 36.6 Å². The van der Waals surface area contributed by atoms with Crippen LogP contribution in [0.4, 0.5) is 5.69 Å². The number of nitrogens with zero attached hydrogens (tertiary/aromatic N) is 3. The number of rotatable bonds is 5. The number of non-ortho nitro benzene ring substituents is 1. The highest BCUT2D eigenvalue weighted by molar-refractivity contribution is 5.99. The molecule has 1 saturated heterocycles. The van der Waals surface area contributed by atoms with Crippen LogP contribution in [-0.2, 0) is 16.1 Å². The van der Waals surface area contributed by atoms with Crippen molar-refractivity contribution in [2.24, 2.45) is 0 Å². The van der Waals surface area contributed by atoms with Crippen molar-refractivity contribution in [3.63, 3.8) is 0 Å². The fraction of sp³-hybridized carbons (Fsp3) is 0.412. The monoisotopic (exact) mass is 330 g/mol. The van der Waals surface area contributed by atoms with Gasteiger partial charge in [0.1, 0.15) is 19.6 Å². The highest BCUT2D eigenvalue weighted by atomic mass is 16.6. The van der Waals surface area contributed by atoms with E-state index >= 15 is 0 Å². The summed E-state index contributed by atoms with van der Waals surface area (Å²) in [5.41, 5.74) is 1.65. The number of aromatic nitrogens is 1. The molecule has 1 fully saturated rings. The number of benzene rings is 1. The van der Waals surface area contributed by atoms with Crippen LogP contribution in [0.1, 0.15) is 25.3 Å². The number of carbonyl (C=O) groups is 1. The lowest BCUT2D eigenvalue weighted by Crippen LogP contribution is -2.12. The smallest absolute Gasteiger partial charge is 0.325 e. The van der Waals surface area contributed by atoms with Gasteiger partial charge < -0.3 is 9.30 Å². The topological polar surface area (TPSA) is 77.4 Å². The van der Waals surface area contributed by atoms with Gasteiger partial charge in [0.25, 0.3) is 5.69 Å². The van der Waals surface area contributed by atoms with Crippen molar-refractivity contribution in [3.8, 4) is 0 Å². The average molecular weight is 330 g/mol. The maximum atomic E-state index is 11.8. The maximum absolute atomic E-state index is 11.8. The van der Waals surface area contributed by atoms with Crippen molar-refractivity contribution < 1.29 is 19.0 Å². The molecule has 2 heterocycles. The number of hydrogen-bond acceptors (Lipinski definition) is 4. The molecule has 0 atom stereocenters.